The van der Waals surface area contributed by atoms with Crippen LogP contribution < -0.4 is 5.32 Å². The van der Waals surface area contributed by atoms with Crippen molar-refractivity contribution in [2.75, 3.05) is 18.4 Å². The van der Waals surface area contributed by atoms with E-state index >= 15 is 0 Å². The molecule has 0 spiro atoms. The van der Waals surface area contributed by atoms with Crippen molar-refractivity contribution in [3.8, 4) is 0 Å². The predicted octanol–water partition coefficient (Wildman–Crippen LogP) is 0.209. The molecule has 2 heterocycles. The van der Waals surface area contributed by atoms with Crippen LogP contribution in [0.4, 0.5) is 5.13 Å². The van der Waals surface area contributed by atoms with E-state index in [-0.39, 0.29) is 30.2 Å². The standard InChI is InChI=1S/C10H14N4O3S2/c1-6-12-13-10(18-6)11-9(15)7-4-14(5-7)19(16,17)8-2-3-8/h7-8H,2-5H2,1H3,(H,11,13,15). The Morgan fingerprint density at radius 3 is 2.58 bits per heavy atom. The second-order valence-corrected chi connectivity index (χ2v) is 8.27. The number of amides is 1. The number of nitrogens with one attached hydrogen (secondary N) is 1. The van der Waals surface area contributed by atoms with E-state index in [4.69, 9.17) is 0 Å². The van der Waals surface area contributed by atoms with Crippen LogP contribution in [0.15, 0.2) is 0 Å². The fourth-order valence-corrected chi connectivity index (χ4v) is 4.47. The van der Waals surface area contributed by atoms with Gasteiger partial charge in [0.25, 0.3) is 0 Å². The number of carbonyl (C=O) groups excluding carboxylic acids is 1. The minimum atomic E-state index is -3.14. The van der Waals surface area contributed by atoms with Crippen LogP contribution in [0.2, 0.25) is 0 Å². The molecule has 1 aromatic rings. The first kappa shape index (κ1) is 12.9. The number of nitrogens with zero attached hydrogens (tertiary/aromatic N) is 3. The van der Waals surface area contributed by atoms with Crippen LogP contribution in [0.25, 0.3) is 0 Å². The average Bonchev–Trinajstić information content (AvgIpc) is 3.02. The van der Waals surface area contributed by atoms with E-state index < -0.39 is 10.0 Å². The fraction of sp³-hybridized carbons (Fsp3) is 0.700. The van der Waals surface area contributed by atoms with Gasteiger partial charge in [0.15, 0.2) is 0 Å². The first-order chi connectivity index (χ1) is 8.96. The van der Waals surface area contributed by atoms with Gasteiger partial charge in [0.2, 0.25) is 21.1 Å². The van der Waals surface area contributed by atoms with Crippen LogP contribution >= 0.6 is 11.3 Å². The molecule has 0 radical (unpaired) electrons. The third kappa shape index (κ3) is 2.49. The third-order valence-electron chi connectivity index (χ3n) is 3.28. The number of hydrogen-bond donors (Lipinski definition) is 1. The molecule has 19 heavy (non-hydrogen) atoms. The molecule has 1 saturated carbocycles. The van der Waals surface area contributed by atoms with Crippen molar-refractivity contribution in [3.05, 3.63) is 5.01 Å². The molecular formula is C10H14N4O3S2. The summed E-state index contributed by atoms with van der Waals surface area (Å²) in [6.07, 6.45) is 1.50. The Balaban J connectivity index is 1.54. The van der Waals surface area contributed by atoms with Gasteiger partial charge in [0.1, 0.15) is 5.01 Å². The Morgan fingerprint density at radius 1 is 1.37 bits per heavy atom. The number of aryl methyl sites for hydroxylation is 1. The van der Waals surface area contributed by atoms with Crippen molar-refractivity contribution in [1.29, 1.82) is 0 Å². The van der Waals surface area contributed by atoms with Crippen molar-refractivity contribution in [1.82, 2.24) is 14.5 Å². The molecule has 1 saturated heterocycles. The Bertz CT molecular complexity index is 602. The van der Waals surface area contributed by atoms with E-state index in [1.54, 1.807) is 6.92 Å². The third-order valence-corrected chi connectivity index (χ3v) is 6.37. The normalized spacial score (nSPS) is 21.1. The van der Waals surface area contributed by atoms with Crippen LogP contribution in [0, 0.1) is 12.8 Å². The summed E-state index contributed by atoms with van der Waals surface area (Å²) in [5.41, 5.74) is 0. The zero-order valence-electron chi connectivity index (χ0n) is 10.4. The maximum absolute atomic E-state index is 11.9. The SMILES string of the molecule is Cc1nnc(NC(=O)C2CN(S(=O)(=O)C3CC3)C2)s1. The maximum Gasteiger partial charge on any atom is 0.231 e. The molecule has 3 rings (SSSR count). The fourth-order valence-electron chi connectivity index (χ4n) is 1.94. The smallest absolute Gasteiger partial charge is 0.231 e. The molecule has 104 valence electrons. The van der Waals surface area contributed by atoms with Crippen molar-refractivity contribution >= 4 is 32.4 Å². The quantitative estimate of drug-likeness (QED) is 0.858. The molecule has 1 aromatic heterocycles. The van der Waals surface area contributed by atoms with Gasteiger partial charge >= 0.3 is 0 Å². The van der Waals surface area contributed by atoms with Crippen molar-refractivity contribution in [2.45, 2.75) is 25.0 Å². The monoisotopic (exact) mass is 302 g/mol. The molecule has 1 N–H and O–H groups in total. The molecule has 1 aliphatic heterocycles. The summed E-state index contributed by atoms with van der Waals surface area (Å²) in [7, 11) is -3.14. The van der Waals surface area contributed by atoms with Crippen LogP contribution in [0.1, 0.15) is 17.8 Å². The largest absolute Gasteiger partial charge is 0.300 e. The number of hydrogen-bond acceptors (Lipinski definition) is 6. The van der Waals surface area contributed by atoms with Gasteiger partial charge in [-0.15, -0.1) is 10.2 Å². The lowest BCUT2D eigenvalue weighted by Gasteiger charge is -2.36. The van der Waals surface area contributed by atoms with Gasteiger partial charge < -0.3 is 5.32 Å². The second-order valence-electron chi connectivity index (χ2n) is 4.87. The number of carbonyl (C=O) groups is 1. The summed E-state index contributed by atoms with van der Waals surface area (Å²) in [6, 6.07) is 0. The van der Waals surface area contributed by atoms with Gasteiger partial charge in [-0.3, -0.25) is 4.79 Å². The van der Waals surface area contributed by atoms with E-state index in [0.29, 0.717) is 5.13 Å². The minimum absolute atomic E-state index is 0.182. The van der Waals surface area contributed by atoms with Gasteiger partial charge in [-0.2, -0.15) is 4.31 Å². The van der Waals surface area contributed by atoms with E-state index in [9.17, 15) is 13.2 Å². The van der Waals surface area contributed by atoms with Gasteiger partial charge in [-0.1, -0.05) is 11.3 Å². The summed E-state index contributed by atoms with van der Waals surface area (Å²) >= 11 is 1.30. The van der Waals surface area contributed by atoms with E-state index in [0.717, 1.165) is 17.8 Å². The van der Waals surface area contributed by atoms with Crippen molar-refractivity contribution in [2.24, 2.45) is 5.92 Å². The van der Waals surface area contributed by atoms with E-state index in [1.807, 2.05) is 0 Å². The number of aromatic nitrogens is 2. The van der Waals surface area contributed by atoms with E-state index in [2.05, 4.69) is 15.5 Å². The number of rotatable bonds is 4. The van der Waals surface area contributed by atoms with Crippen LogP contribution in [0.3, 0.4) is 0 Å². The number of sulfonamides is 1. The summed E-state index contributed by atoms with van der Waals surface area (Å²) < 4.78 is 25.2. The van der Waals surface area contributed by atoms with Gasteiger partial charge in [0.05, 0.1) is 11.2 Å². The maximum atomic E-state index is 11.9. The van der Waals surface area contributed by atoms with Crippen LogP contribution in [0.5, 0.6) is 0 Å². The molecule has 9 heteroatoms. The molecule has 0 bridgehead atoms. The molecule has 2 aliphatic rings. The van der Waals surface area contributed by atoms with Crippen molar-refractivity contribution in [3.63, 3.8) is 0 Å². The Morgan fingerprint density at radius 2 is 2.05 bits per heavy atom. The zero-order valence-corrected chi connectivity index (χ0v) is 12.0. The lowest BCUT2D eigenvalue weighted by molar-refractivity contribution is -0.122. The van der Waals surface area contributed by atoms with E-state index in [1.165, 1.54) is 15.6 Å². The Kier molecular flexibility index (Phi) is 3.06. The molecule has 2 fully saturated rings. The van der Waals surface area contributed by atoms with Crippen LogP contribution in [-0.4, -0.2) is 47.2 Å². The molecule has 0 atom stereocenters. The molecule has 1 aliphatic carbocycles. The second kappa shape index (κ2) is 4.50. The summed E-state index contributed by atoms with van der Waals surface area (Å²) in [6.45, 7) is 2.37. The Hall–Kier alpha value is -1.06. The highest BCUT2D eigenvalue weighted by Crippen LogP contribution is 2.34. The van der Waals surface area contributed by atoms with Crippen molar-refractivity contribution < 1.29 is 13.2 Å². The lowest BCUT2D eigenvalue weighted by Crippen LogP contribution is -2.55. The summed E-state index contributed by atoms with van der Waals surface area (Å²) in [5, 5.41) is 11.3. The highest BCUT2D eigenvalue weighted by Gasteiger charge is 2.46. The molecule has 0 aromatic carbocycles. The Labute approximate surface area is 115 Å². The highest BCUT2D eigenvalue weighted by atomic mass is 32.2. The summed E-state index contributed by atoms with van der Waals surface area (Å²) in [4.78, 5) is 11.9. The molecule has 1 amide bonds. The molecular weight excluding hydrogens is 288 g/mol. The topological polar surface area (TPSA) is 92.3 Å². The van der Waals surface area contributed by atoms with Gasteiger partial charge in [0, 0.05) is 13.1 Å². The molecule has 0 unspecified atom stereocenters. The molecule has 7 nitrogen and oxygen atoms in total. The zero-order chi connectivity index (χ0) is 13.6. The average molecular weight is 302 g/mol. The summed E-state index contributed by atoms with van der Waals surface area (Å²) in [5.74, 6) is -0.462. The number of anilines is 1. The lowest BCUT2D eigenvalue weighted by atomic mass is 10.0. The predicted molar refractivity (Wildman–Crippen MR) is 70.3 cm³/mol. The van der Waals surface area contributed by atoms with Crippen LogP contribution in [-0.2, 0) is 14.8 Å². The first-order valence-corrected chi connectivity index (χ1v) is 8.39. The highest BCUT2D eigenvalue weighted by molar-refractivity contribution is 7.90. The van der Waals surface area contributed by atoms with Gasteiger partial charge in [-0.25, -0.2) is 8.42 Å². The minimum Gasteiger partial charge on any atom is -0.300 e. The van der Waals surface area contributed by atoms with Gasteiger partial charge in [-0.05, 0) is 19.8 Å². The first-order valence-electron chi connectivity index (χ1n) is 6.07.